The summed E-state index contributed by atoms with van der Waals surface area (Å²) in [5.41, 5.74) is 0. The summed E-state index contributed by atoms with van der Waals surface area (Å²) >= 11 is 0. The number of rotatable bonds is 15. The van der Waals surface area contributed by atoms with Crippen molar-refractivity contribution in [1.82, 2.24) is 9.21 Å². The largest absolute Gasteiger partial charge is 0.378 e. The van der Waals surface area contributed by atoms with Gasteiger partial charge in [-0.3, -0.25) is 0 Å². The Bertz CT molecular complexity index is 688. The number of hydrogen-bond donors (Lipinski definition) is 0. The molecule has 1 aromatic rings. The Morgan fingerprint density at radius 2 is 1.48 bits per heavy atom. The van der Waals surface area contributed by atoms with Gasteiger partial charge < -0.3 is 9.64 Å². The van der Waals surface area contributed by atoms with Crippen LogP contribution in [0.2, 0.25) is 0 Å². The summed E-state index contributed by atoms with van der Waals surface area (Å²) in [6.45, 7) is 5.51. The average molecular weight is 453 g/mol. The molecule has 178 valence electrons. The van der Waals surface area contributed by atoms with Crippen LogP contribution in [0.5, 0.6) is 0 Å². The zero-order valence-electron chi connectivity index (χ0n) is 20.0. The van der Waals surface area contributed by atoms with E-state index in [4.69, 9.17) is 4.74 Å². The van der Waals surface area contributed by atoms with E-state index >= 15 is 0 Å². The molecule has 0 aliphatic heterocycles. The van der Waals surface area contributed by atoms with Crippen LogP contribution in [-0.4, -0.2) is 63.6 Å². The van der Waals surface area contributed by atoms with E-state index in [1.165, 1.54) is 51.6 Å². The molecule has 1 saturated carbocycles. The van der Waals surface area contributed by atoms with Crippen molar-refractivity contribution in [2.24, 2.45) is 0 Å². The van der Waals surface area contributed by atoms with Crippen LogP contribution in [0.4, 0.5) is 0 Å². The number of hydrogen-bond acceptors (Lipinski definition) is 4. The maximum absolute atomic E-state index is 12.8. The van der Waals surface area contributed by atoms with Crippen LogP contribution in [0.15, 0.2) is 35.2 Å². The van der Waals surface area contributed by atoms with Crippen LogP contribution >= 0.6 is 0 Å². The van der Waals surface area contributed by atoms with Gasteiger partial charge in [0.1, 0.15) is 0 Å². The first kappa shape index (κ1) is 26.3. The highest BCUT2D eigenvalue weighted by Gasteiger charge is 2.31. The molecule has 0 bridgehead atoms. The van der Waals surface area contributed by atoms with E-state index in [-0.39, 0.29) is 12.1 Å². The Labute approximate surface area is 191 Å². The zero-order chi connectivity index (χ0) is 22.5. The molecule has 31 heavy (non-hydrogen) atoms. The normalized spacial score (nSPS) is 19.9. The summed E-state index contributed by atoms with van der Waals surface area (Å²) in [5.74, 6) is 0. The third-order valence-corrected chi connectivity index (χ3v) is 8.43. The summed E-state index contributed by atoms with van der Waals surface area (Å²) in [4.78, 5) is 2.84. The second-order valence-electron chi connectivity index (χ2n) is 9.06. The van der Waals surface area contributed by atoms with Crippen molar-refractivity contribution in [1.29, 1.82) is 0 Å². The summed E-state index contributed by atoms with van der Waals surface area (Å²) in [6, 6.07) is 8.80. The Balaban J connectivity index is 1.55. The van der Waals surface area contributed by atoms with Crippen LogP contribution < -0.4 is 0 Å². The molecule has 0 radical (unpaired) electrons. The van der Waals surface area contributed by atoms with Gasteiger partial charge in [-0.1, -0.05) is 50.8 Å². The van der Waals surface area contributed by atoms with E-state index in [2.05, 4.69) is 18.9 Å². The number of unbranched alkanes of at least 4 members (excludes halogenated alkanes) is 5. The topological polar surface area (TPSA) is 49.9 Å². The second-order valence-corrected chi connectivity index (χ2v) is 11.1. The number of ether oxygens (including phenoxy) is 1. The molecule has 0 saturated heterocycles. The molecule has 0 unspecified atom stereocenters. The second kappa shape index (κ2) is 14.2. The SMILES string of the molecule is CCCCCN(C)CCCCCCO[C@H]1CC[C@H](N(C)S(=O)(=O)c2ccccc2)CC1. The predicted octanol–water partition coefficient (Wildman–Crippen LogP) is 5.32. The molecular weight excluding hydrogens is 408 g/mol. The van der Waals surface area contributed by atoms with Crippen LogP contribution in [-0.2, 0) is 14.8 Å². The lowest BCUT2D eigenvalue weighted by molar-refractivity contribution is 0.0156. The van der Waals surface area contributed by atoms with E-state index < -0.39 is 10.0 Å². The van der Waals surface area contributed by atoms with Gasteiger partial charge >= 0.3 is 0 Å². The van der Waals surface area contributed by atoms with Crippen molar-refractivity contribution < 1.29 is 13.2 Å². The van der Waals surface area contributed by atoms with Gasteiger partial charge in [-0.05, 0) is 77.2 Å². The highest BCUT2D eigenvalue weighted by Crippen LogP contribution is 2.28. The molecule has 0 spiro atoms. The molecule has 1 aromatic carbocycles. The van der Waals surface area contributed by atoms with Crippen LogP contribution in [0.3, 0.4) is 0 Å². The first-order valence-electron chi connectivity index (χ1n) is 12.3. The van der Waals surface area contributed by atoms with Crippen molar-refractivity contribution in [3.63, 3.8) is 0 Å². The van der Waals surface area contributed by atoms with Gasteiger partial charge in [0.15, 0.2) is 0 Å². The van der Waals surface area contributed by atoms with Crippen LogP contribution in [0.1, 0.15) is 77.6 Å². The fourth-order valence-corrected chi connectivity index (χ4v) is 5.80. The summed E-state index contributed by atoms with van der Waals surface area (Å²) in [6.07, 6.45) is 12.8. The van der Waals surface area contributed by atoms with E-state index in [9.17, 15) is 8.42 Å². The highest BCUT2D eigenvalue weighted by molar-refractivity contribution is 7.89. The van der Waals surface area contributed by atoms with Crippen molar-refractivity contribution in [2.75, 3.05) is 33.8 Å². The van der Waals surface area contributed by atoms with Gasteiger partial charge in [-0.15, -0.1) is 0 Å². The molecule has 1 aliphatic rings. The monoisotopic (exact) mass is 452 g/mol. The molecule has 1 fully saturated rings. The van der Waals surface area contributed by atoms with Gasteiger partial charge in [0.2, 0.25) is 10.0 Å². The zero-order valence-corrected chi connectivity index (χ0v) is 20.8. The number of sulfonamides is 1. The fourth-order valence-electron chi connectivity index (χ4n) is 4.36. The van der Waals surface area contributed by atoms with Crippen molar-refractivity contribution in [2.45, 2.75) is 94.6 Å². The summed E-state index contributed by atoms with van der Waals surface area (Å²) < 4.78 is 33.3. The highest BCUT2D eigenvalue weighted by atomic mass is 32.2. The first-order valence-corrected chi connectivity index (χ1v) is 13.7. The Kier molecular flexibility index (Phi) is 12.1. The third kappa shape index (κ3) is 9.21. The van der Waals surface area contributed by atoms with Crippen molar-refractivity contribution in [3.8, 4) is 0 Å². The number of nitrogens with zero attached hydrogens (tertiary/aromatic N) is 2. The molecule has 5 nitrogen and oxygen atoms in total. The van der Waals surface area contributed by atoms with Crippen LogP contribution in [0.25, 0.3) is 0 Å². The van der Waals surface area contributed by atoms with E-state index in [1.807, 2.05) is 6.07 Å². The molecule has 2 rings (SSSR count). The lowest BCUT2D eigenvalue weighted by Gasteiger charge is -2.34. The molecule has 0 amide bonds. The molecule has 0 atom stereocenters. The molecule has 0 aromatic heterocycles. The lowest BCUT2D eigenvalue weighted by Crippen LogP contribution is -2.40. The van der Waals surface area contributed by atoms with Gasteiger partial charge in [-0.2, -0.15) is 4.31 Å². The summed E-state index contributed by atoms with van der Waals surface area (Å²) in [7, 11) is 0.542. The van der Waals surface area contributed by atoms with E-state index in [0.29, 0.717) is 4.90 Å². The Hall–Kier alpha value is -0.950. The Morgan fingerprint density at radius 1 is 0.871 bits per heavy atom. The fraction of sp³-hybridized carbons (Fsp3) is 0.760. The summed E-state index contributed by atoms with van der Waals surface area (Å²) in [5, 5.41) is 0. The molecule has 1 aliphatic carbocycles. The molecule has 6 heteroatoms. The predicted molar refractivity (Wildman–Crippen MR) is 129 cm³/mol. The minimum Gasteiger partial charge on any atom is -0.378 e. The molecular formula is C25H44N2O3S. The van der Waals surface area contributed by atoms with E-state index in [0.717, 1.165) is 38.7 Å². The van der Waals surface area contributed by atoms with Gasteiger partial charge in [0.25, 0.3) is 0 Å². The average Bonchev–Trinajstić information content (AvgIpc) is 2.79. The smallest absolute Gasteiger partial charge is 0.243 e. The standard InChI is InChI=1S/C25H44N2O3S/c1-4-5-11-20-26(2)21-12-6-7-13-22-30-24-18-16-23(17-19-24)27(3)31(28,29)25-14-9-8-10-15-25/h8-10,14-15,23-24H,4-7,11-13,16-22H2,1-3H3/t23-,24-. The van der Waals surface area contributed by atoms with Gasteiger partial charge in [0, 0.05) is 19.7 Å². The minimum absolute atomic E-state index is 0.0689. The number of benzene rings is 1. The van der Waals surface area contributed by atoms with Gasteiger partial charge in [-0.25, -0.2) is 8.42 Å². The van der Waals surface area contributed by atoms with Crippen molar-refractivity contribution >= 4 is 10.0 Å². The minimum atomic E-state index is -3.41. The molecule has 0 heterocycles. The maximum Gasteiger partial charge on any atom is 0.243 e. The first-order chi connectivity index (χ1) is 14.9. The lowest BCUT2D eigenvalue weighted by atomic mass is 9.93. The third-order valence-electron chi connectivity index (χ3n) is 6.51. The van der Waals surface area contributed by atoms with E-state index in [1.54, 1.807) is 35.6 Å². The maximum atomic E-state index is 12.8. The van der Waals surface area contributed by atoms with Crippen LogP contribution in [0, 0.1) is 0 Å². The Morgan fingerprint density at radius 3 is 2.13 bits per heavy atom. The quantitative estimate of drug-likeness (QED) is 0.338. The molecule has 0 N–H and O–H groups in total. The van der Waals surface area contributed by atoms with Crippen molar-refractivity contribution in [3.05, 3.63) is 30.3 Å². The van der Waals surface area contributed by atoms with Gasteiger partial charge in [0.05, 0.1) is 11.0 Å².